The lowest BCUT2D eigenvalue weighted by Crippen LogP contribution is -2.34. The van der Waals surface area contributed by atoms with E-state index in [0.29, 0.717) is 5.69 Å². The van der Waals surface area contributed by atoms with Crippen LogP contribution < -0.4 is 5.32 Å². The lowest BCUT2D eigenvalue weighted by molar-refractivity contribution is 0.0572. The van der Waals surface area contributed by atoms with Crippen LogP contribution in [-0.4, -0.2) is 57.7 Å². The van der Waals surface area contributed by atoms with Crippen LogP contribution in [0.25, 0.3) is 10.9 Å². The number of fused-ring (bicyclic) bond motifs is 1. The topological polar surface area (TPSA) is 85.7 Å². The van der Waals surface area contributed by atoms with Crippen LogP contribution in [0.1, 0.15) is 5.56 Å². The highest BCUT2D eigenvalue weighted by Crippen LogP contribution is 2.32. The summed E-state index contributed by atoms with van der Waals surface area (Å²) in [6, 6.07) is 7.46. The van der Waals surface area contributed by atoms with Crippen LogP contribution in [0.2, 0.25) is 0 Å². The highest BCUT2D eigenvalue weighted by atomic mass is 32.2. The number of likely N-dealkylation sites (tertiary alicyclic amines) is 1. The van der Waals surface area contributed by atoms with Gasteiger partial charge in [-0.1, -0.05) is 18.2 Å². The molecule has 3 rings (SSSR count). The van der Waals surface area contributed by atoms with Crippen molar-refractivity contribution in [1.29, 1.82) is 0 Å². The number of amides is 2. The van der Waals surface area contributed by atoms with Gasteiger partial charge >= 0.3 is 6.03 Å². The number of aliphatic hydroxyl groups is 2. The molecule has 6 nitrogen and oxygen atoms in total. The second-order valence-electron chi connectivity index (χ2n) is 5.61. The molecule has 1 aliphatic heterocycles. The van der Waals surface area contributed by atoms with E-state index in [1.807, 2.05) is 37.4 Å². The summed E-state index contributed by atoms with van der Waals surface area (Å²) in [5.74, 6) is 0. The number of nitrogens with zero attached hydrogens (tertiary/aromatic N) is 2. The minimum absolute atomic E-state index is 0.127. The van der Waals surface area contributed by atoms with E-state index in [1.165, 1.54) is 16.7 Å². The molecule has 0 radical (unpaired) electrons. The Labute approximate surface area is 138 Å². The van der Waals surface area contributed by atoms with Crippen molar-refractivity contribution in [3.8, 4) is 0 Å². The van der Waals surface area contributed by atoms with Crippen molar-refractivity contribution in [2.24, 2.45) is 0 Å². The Morgan fingerprint density at radius 3 is 2.61 bits per heavy atom. The fourth-order valence-corrected chi connectivity index (χ4v) is 3.36. The quantitative estimate of drug-likeness (QED) is 0.730. The van der Waals surface area contributed by atoms with Gasteiger partial charge in [0.15, 0.2) is 0 Å². The van der Waals surface area contributed by atoms with Gasteiger partial charge in [-0.15, -0.1) is 11.8 Å². The van der Waals surface area contributed by atoms with Gasteiger partial charge in [0.2, 0.25) is 0 Å². The maximum absolute atomic E-state index is 12.4. The molecular weight excluding hydrogens is 314 g/mol. The molecule has 1 aromatic carbocycles. The number of para-hydroxylation sites is 1. The van der Waals surface area contributed by atoms with Crippen LogP contribution >= 0.6 is 11.8 Å². The van der Waals surface area contributed by atoms with Crippen LogP contribution in [-0.2, 0) is 0 Å². The molecule has 1 saturated heterocycles. The highest BCUT2D eigenvalue weighted by molar-refractivity contribution is 7.98. The first-order valence-electron chi connectivity index (χ1n) is 7.36. The zero-order valence-electron chi connectivity index (χ0n) is 13.0. The molecule has 0 unspecified atom stereocenters. The summed E-state index contributed by atoms with van der Waals surface area (Å²) in [6.45, 7) is 2.20. The fourth-order valence-electron chi connectivity index (χ4n) is 2.76. The van der Waals surface area contributed by atoms with Crippen LogP contribution in [0.5, 0.6) is 0 Å². The SMILES string of the molecule is CSc1nc2ccccc2c(C)c1NC(=O)N1C[C@@H](O)[C@@H](O)C1. The number of aryl methyl sites for hydroxylation is 1. The van der Waals surface area contributed by atoms with Crippen molar-refractivity contribution >= 4 is 34.4 Å². The predicted octanol–water partition coefficient (Wildman–Crippen LogP) is 1.83. The standard InChI is InChI=1S/C16H19N3O3S/c1-9-10-5-3-4-6-11(10)17-15(23-2)14(9)18-16(22)19-7-12(20)13(21)8-19/h3-6,12-13,20-21H,7-8H2,1-2H3,(H,18,22)/t12-,13+. The minimum atomic E-state index is -0.892. The number of rotatable bonds is 2. The zero-order valence-corrected chi connectivity index (χ0v) is 13.8. The predicted molar refractivity (Wildman–Crippen MR) is 90.9 cm³/mol. The van der Waals surface area contributed by atoms with E-state index in [0.717, 1.165) is 21.5 Å². The van der Waals surface area contributed by atoms with Gasteiger partial charge < -0.3 is 20.4 Å². The molecule has 0 saturated carbocycles. The first-order chi connectivity index (χ1) is 11.0. The van der Waals surface area contributed by atoms with Crippen LogP contribution in [0.4, 0.5) is 10.5 Å². The Morgan fingerprint density at radius 2 is 1.96 bits per heavy atom. The number of pyridine rings is 1. The van der Waals surface area contributed by atoms with E-state index in [-0.39, 0.29) is 19.1 Å². The lowest BCUT2D eigenvalue weighted by Gasteiger charge is -2.19. The molecule has 23 heavy (non-hydrogen) atoms. The molecule has 2 atom stereocenters. The van der Waals surface area contributed by atoms with Crippen molar-refractivity contribution in [3.63, 3.8) is 0 Å². The van der Waals surface area contributed by atoms with Crippen molar-refractivity contribution < 1.29 is 15.0 Å². The van der Waals surface area contributed by atoms with E-state index >= 15 is 0 Å². The number of carbonyl (C=O) groups is 1. The third-order valence-corrected chi connectivity index (χ3v) is 4.77. The van der Waals surface area contributed by atoms with Crippen molar-refractivity contribution in [1.82, 2.24) is 9.88 Å². The second-order valence-corrected chi connectivity index (χ2v) is 6.40. The average Bonchev–Trinajstić information content (AvgIpc) is 2.89. The number of urea groups is 1. The first kappa shape index (κ1) is 16.0. The summed E-state index contributed by atoms with van der Waals surface area (Å²) in [4.78, 5) is 18.4. The van der Waals surface area contributed by atoms with Gasteiger partial charge in [-0.05, 0) is 24.8 Å². The number of thioether (sulfide) groups is 1. The van der Waals surface area contributed by atoms with Gasteiger partial charge in [0.25, 0.3) is 0 Å². The molecule has 2 amide bonds. The number of aliphatic hydroxyl groups excluding tert-OH is 2. The van der Waals surface area contributed by atoms with E-state index < -0.39 is 12.2 Å². The summed E-state index contributed by atoms with van der Waals surface area (Å²) in [5.41, 5.74) is 2.52. The van der Waals surface area contributed by atoms with E-state index in [1.54, 1.807) is 0 Å². The van der Waals surface area contributed by atoms with Gasteiger partial charge in [0.05, 0.1) is 36.5 Å². The number of β-amino-alcohol motifs (C(OH)–C–C–N with tert-alkyl or cyclic N) is 2. The number of hydrogen-bond acceptors (Lipinski definition) is 5. The third kappa shape index (κ3) is 2.99. The molecule has 7 heteroatoms. The van der Waals surface area contributed by atoms with Gasteiger partial charge in [-0.2, -0.15) is 0 Å². The molecule has 1 fully saturated rings. The Morgan fingerprint density at radius 1 is 1.30 bits per heavy atom. The van der Waals surface area contributed by atoms with Gasteiger partial charge in [-0.25, -0.2) is 9.78 Å². The molecule has 0 bridgehead atoms. The molecule has 0 aliphatic carbocycles. The zero-order chi connectivity index (χ0) is 16.6. The summed E-state index contributed by atoms with van der Waals surface area (Å²) >= 11 is 1.47. The summed E-state index contributed by atoms with van der Waals surface area (Å²) < 4.78 is 0. The summed E-state index contributed by atoms with van der Waals surface area (Å²) in [7, 11) is 0. The lowest BCUT2D eigenvalue weighted by atomic mass is 10.1. The Kier molecular flexibility index (Phi) is 4.43. The fraction of sp³-hybridized carbons (Fsp3) is 0.375. The molecule has 2 aromatic rings. The molecule has 0 spiro atoms. The molecule has 1 aromatic heterocycles. The van der Waals surface area contributed by atoms with Crippen molar-refractivity contribution in [3.05, 3.63) is 29.8 Å². The molecule has 3 N–H and O–H groups in total. The molecule has 1 aliphatic rings. The van der Waals surface area contributed by atoms with Gasteiger partial charge in [0.1, 0.15) is 5.03 Å². The van der Waals surface area contributed by atoms with E-state index in [4.69, 9.17) is 0 Å². The normalized spacial score (nSPS) is 21.0. The van der Waals surface area contributed by atoms with Gasteiger partial charge in [0, 0.05) is 5.39 Å². The summed E-state index contributed by atoms with van der Waals surface area (Å²) in [5, 5.41) is 23.8. The number of anilines is 1. The average molecular weight is 333 g/mol. The Balaban J connectivity index is 1.93. The Hall–Kier alpha value is -1.83. The van der Waals surface area contributed by atoms with E-state index in [9.17, 15) is 15.0 Å². The van der Waals surface area contributed by atoms with Crippen molar-refractivity contribution in [2.75, 3.05) is 24.7 Å². The first-order valence-corrected chi connectivity index (χ1v) is 8.59. The third-order valence-electron chi connectivity index (χ3n) is 4.09. The maximum Gasteiger partial charge on any atom is 0.322 e. The molecule has 2 heterocycles. The monoisotopic (exact) mass is 333 g/mol. The van der Waals surface area contributed by atoms with E-state index in [2.05, 4.69) is 10.3 Å². The number of aromatic nitrogens is 1. The molecule has 122 valence electrons. The summed E-state index contributed by atoms with van der Waals surface area (Å²) in [6.07, 6.45) is 0.128. The smallest absolute Gasteiger partial charge is 0.322 e. The van der Waals surface area contributed by atoms with Gasteiger partial charge in [-0.3, -0.25) is 0 Å². The minimum Gasteiger partial charge on any atom is -0.388 e. The number of benzene rings is 1. The number of nitrogens with one attached hydrogen (secondary N) is 1. The Bertz CT molecular complexity index is 743. The van der Waals surface area contributed by atoms with Crippen LogP contribution in [0, 0.1) is 6.92 Å². The van der Waals surface area contributed by atoms with Crippen LogP contribution in [0.15, 0.2) is 29.3 Å². The largest absolute Gasteiger partial charge is 0.388 e. The van der Waals surface area contributed by atoms with Crippen LogP contribution in [0.3, 0.4) is 0 Å². The number of hydrogen-bond donors (Lipinski definition) is 3. The maximum atomic E-state index is 12.4. The highest BCUT2D eigenvalue weighted by Gasteiger charge is 2.33. The van der Waals surface area contributed by atoms with Crippen molar-refractivity contribution in [2.45, 2.75) is 24.2 Å². The molecular formula is C16H19N3O3S. The second kappa shape index (κ2) is 6.35. The number of carbonyl (C=O) groups excluding carboxylic acids is 1.